The van der Waals surface area contributed by atoms with E-state index in [-0.39, 0.29) is 16.9 Å². The molecular weight excluding hydrogens is 370 g/mol. The predicted molar refractivity (Wildman–Crippen MR) is 114 cm³/mol. The van der Waals surface area contributed by atoms with Crippen LogP contribution >= 0.6 is 0 Å². The maximum absolute atomic E-state index is 12.8. The van der Waals surface area contributed by atoms with Crippen LogP contribution in [-0.4, -0.2) is 47.7 Å². The number of anilines is 1. The maximum Gasteiger partial charge on any atom is 0.259 e. The Morgan fingerprint density at radius 1 is 1.17 bits per heavy atom. The Morgan fingerprint density at radius 3 is 2.66 bits per heavy atom. The zero-order valence-electron chi connectivity index (χ0n) is 16.8. The molecule has 1 amide bonds. The van der Waals surface area contributed by atoms with Gasteiger partial charge in [0.2, 0.25) is 0 Å². The van der Waals surface area contributed by atoms with Gasteiger partial charge in [0.05, 0.1) is 12.2 Å². The van der Waals surface area contributed by atoms with Crippen molar-refractivity contribution in [3.8, 4) is 11.5 Å². The minimum Gasteiger partial charge on any atom is -0.507 e. The van der Waals surface area contributed by atoms with Gasteiger partial charge in [0.25, 0.3) is 11.5 Å². The lowest BCUT2D eigenvalue weighted by Crippen LogP contribution is -2.26. The molecule has 0 spiro atoms. The first kappa shape index (κ1) is 20.4. The van der Waals surface area contributed by atoms with E-state index in [4.69, 9.17) is 4.74 Å². The molecule has 2 aromatic carbocycles. The lowest BCUT2D eigenvalue weighted by Gasteiger charge is -2.14. The topological polar surface area (TPSA) is 83.8 Å². The lowest BCUT2D eigenvalue weighted by molar-refractivity contribution is 0.102. The zero-order chi connectivity index (χ0) is 21.0. The number of hydrogen-bond acceptors (Lipinski definition) is 5. The standard InChI is InChI=1S/C22H25N3O4/c1-4-29-15-8-9-18(20(26)14-15)21(27)23-19-7-5-6-17-16(19)10-11-25(22(17)28)13-12-24(2)3/h5-11,14,26H,4,12-13H2,1-3H3,(H,23,27). The van der Waals surface area contributed by atoms with Crippen LogP contribution in [0.3, 0.4) is 0 Å². The molecule has 1 heterocycles. The number of carbonyl (C=O) groups excluding carboxylic acids is 1. The summed E-state index contributed by atoms with van der Waals surface area (Å²) in [6.07, 6.45) is 1.73. The summed E-state index contributed by atoms with van der Waals surface area (Å²) in [5, 5.41) is 14.1. The molecule has 0 bridgehead atoms. The molecule has 3 aromatic rings. The molecule has 7 nitrogen and oxygen atoms in total. The second kappa shape index (κ2) is 8.79. The van der Waals surface area contributed by atoms with Crippen LogP contribution in [0.2, 0.25) is 0 Å². The van der Waals surface area contributed by atoms with Crippen LogP contribution in [0.25, 0.3) is 10.8 Å². The summed E-state index contributed by atoms with van der Waals surface area (Å²) in [4.78, 5) is 27.5. The minimum absolute atomic E-state index is 0.107. The third-order valence-corrected chi connectivity index (χ3v) is 4.58. The fourth-order valence-electron chi connectivity index (χ4n) is 3.06. The first-order valence-electron chi connectivity index (χ1n) is 9.44. The van der Waals surface area contributed by atoms with E-state index in [9.17, 15) is 14.7 Å². The number of hydrogen-bond donors (Lipinski definition) is 2. The molecule has 0 atom stereocenters. The highest BCUT2D eigenvalue weighted by Gasteiger charge is 2.14. The van der Waals surface area contributed by atoms with Crippen molar-refractivity contribution in [3.05, 3.63) is 64.6 Å². The fourth-order valence-corrected chi connectivity index (χ4v) is 3.06. The summed E-state index contributed by atoms with van der Waals surface area (Å²) < 4.78 is 6.98. The molecule has 0 unspecified atom stereocenters. The van der Waals surface area contributed by atoms with E-state index in [1.807, 2.05) is 32.0 Å². The van der Waals surface area contributed by atoms with Crippen LogP contribution in [0.5, 0.6) is 11.5 Å². The summed E-state index contributed by atoms with van der Waals surface area (Å²) in [6, 6.07) is 11.6. The number of phenols is 1. The Bertz CT molecular complexity index is 1090. The molecular formula is C22H25N3O4. The van der Waals surface area contributed by atoms with Gasteiger partial charge in [0, 0.05) is 41.8 Å². The Labute approximate surface area is 169 Å². The van der Waals surface area contributed by atoms with Gasteiger partial charge in [0.1, 0.15) is 11.5 Å². The SMILES string of the molecule is CCOc1ccc(C(=O)Nc2cccc3c(=O)n(CCN(C)C)ccc23)c(O)c1. The second-order valence-corrected chi connectivity index (χ2v) is 6.95. The Hall–Kier alpha value is -3.32. The van der Waals surface area contributed by atoms with Crippen LogP contribution in [-0.2, 0) is 6.54 Å². The van der Waals surface area contributed by atoms with Crippen molar-refractivity contribution in [2.45, 2.75) is 13.5 Å². The average Bonchev–Trinajstić information content (AvgIpc) is 2.68. The first-order valence-corrected chi connectivity index (χ1v) is 9.44. The lowest BCUT2D eigenvalue weighted by atomic mass is 10.1. The monoisotopic (exact) mass is 395 g/mol. The van der Waals surface area contributed by atoms with Gasteiger partial charge in [-0.2, -0.15) is 0 Å². The normalized spacial score (nSPS) is 11.0. The smallest absolute Gasteiger partial charge is 0.259 e. The van der Waals surface area contributed by atoms with E-state index in [2.05, 4.69) is 5.32 Å². The van der Waals surface area contributed by atoms with Gasteiger partial charge in [-0.05, 0) is 51.4 Å². The molecule has 0 aliphatic heterocycles. The number of likely N-dealkylation sites (N-methyl/N-ethyl adjacent to an activating group) is 1. The van der Waals surface area contributed by atoms with E-state index in [1.165, 1.54) is 12.1 Å². The summed E-state index contributed by atoms with van der Waals surface area (Å²) in [6.45, 7) is 3.64. The van der Waals surface area contributed by atoms with E-state index < -0.39 is 5.91 Å². The van der Waals surface area contributed by atoms with Crippen LogP contribution in [0.15, 0.2) is 53.5 Å². The molecule has 152 valence electrons. The van der Waals surface area contributed by atoms with Gasteiger partial charge >= 0.3 is 0 Å². The molecule has 0 aliphatic rings. The van der Waals surface area contributed by atoms with E-state index in [0.29, 0.717) is 35.4 Å². The number of pyridine rings is 1. The number of ether oxygens (including phenoxy) is 1. The van der Waals surface area contributed by atoms with E-state index in [1.54, 1.807) is 35.0 Å². The zero-order valence-corrected chi connectivity index (χ0v) is 16.8. The highest BCUT2D eigenvalue weighted by molar-refractivity contribution is 6.10. The number of nitrogens with zero attached hydrogens (tertiary/aromatic N) is 2. The number of nitrogens with one attached hydrogen (secondary N) is 1. The highest BCUT2D eigenvalue weighted by Crippen LogP contribution is 2.26. The van der Waals surface area contributed by atoms with Crippen molar-refractivity contribution in [3.63, 3.8) is 0 Å². The molecule has 3 rings (SSSR count). The molecule has 0 saturated carbocycles. The van der Waals surface area contributed by atoms with Gasteiger partial charge in [0.15, 0.2) is 0 Å². The summed E-state index contributed by atoms with van der Waals surface area (Å²) >= 11 is 0. The van der Waals surface area contributed by atoms with Crippen molar-refractivity contribution in [1.29, 1.82) is 0 Å². The number of fused-ring (bicyclic) bond motifs is 1. The predicted octanol–water partition coefficient (Wildman–Crippen LogP) is 2.92. The molecule has 0 saturated heterocycles. The Morgan fingerprint density at radius 2 is 1.97 bits per heavy atom. The summed E-state index contributed by atoms with van der Waals surface area (Å²) in [7, 11) is 3.91. The number of aromatic hydroxyl groups is 1. The maximum atomic E-state index is 12.8. The Balaban J connectivity index is 1.89. The Kier molecular flexibility index (Phi) is 6.19. The second-order valence-electron chi connectivity index (χ2n) is 6.95. The quantitative estimate of drug-likeness (QED) is 0.643. The average molecular weight is 395 g/mol. The summed E-state index contributed by atoms with van der Waals surface area (Å²) in [5.74, 6) is -0.139. The van der Waals surface area contributed by atoms with Crippen molar-refractivity contribution >= 4 is 22.4 Å². The molecule has 0 radical (unpaired) electrons. The third-order valence-electron chi connectivity index (χ3n) is 4.58. The summed E-state index contributed by atoms with van der Waals surface area (Å²) in [5.41, 5.74) is 0.534. The van der Waals surface area contributed by atoms with Crippen molar-refractivity contribution in [1.82, 2.24) is 9.47 Å². The van der Waals surface area contributed by atoms with Crippen molar-refractivity contribution in [2.24, 2.45) is 0 Å². The number of benzene rings is 2. The molecule has 0 aliphatic carbocycles. The molecule has 0 fully saturated rings. The van der Waals surface area contributed by atoms with Gasteiger partial charge in [-0.15, -0.1) is 0 Å². The van der Waals surface area contributed by atoms with Crippen LogP contribution in [0.4, 0.5) is 5.69 Å². The van der Waals surface area contributed by atoms with Crippen LogP contribution < -0.4 is 15.6 Å². The third kappa shape index (κ3) is 4.57. The number of phenolic OH excluding ortho intramolecular Hbond substituents is 1. The number of carbonyl (C=O) groups is 1. The number of amides is 1. The molecule has 1 aromatic heterocycles. The van der Waals surface area contributed by atoms with Gasteiger partial charge in [-0.3, -0.25) is 9.59 Å². The van der Waals surface area contributed by atoms with Gasteiger partial charge < -0.3 is 24.6 Å². The highest BCUT2D eigenvalue weighted by atomic mass is 16.5. The fraction of sp³-hybridized carbons (Fsp3) is 0.273. The first-order chi connectivity index (χ1) is 13.9. The number of rotatable bonds is 7. The van der Waals surface area contributed by atoms with Crippen molar-refractivity contribution < 1.29 is 14.6 Å². The van der Waals surface area contributed by atoms with Gasteiger partial charge in [-0.1, -0.05) is 6.07 Å². The van der Waals surface area contributed by atoms with E-state index >= 15 is 0 Å². The van der Waals surface area contributed by atoms with Gasteiger partial charge in [-0.25, -0.2) is 0 Å². The largest absolute Gasteiger partial charge is 0.507 e. The minimum atomic E-state index is -0.463. The molecule has 29 heavy (non-hydrogen) atoms. The van der Waals surface area contributed by atoms with E-state index in [0.717, 1.165) is 6.54 Å². The molecule has 7 heteroatoms. The van der Waals surface area contributed by atoms with Crippen molar-refractivity contribution in [2.75, 3.05) is 32.6 Å². The number of aromatic nitrogens is 1. The van der Waals surface area contributed by atoms with Crippen LogP contribution in [0.1, 0.15) is 17.3 Å². The van der Waals surface area contributed by atoms with Crippen LogP contribution in [0, 0.1) is 0 Å². The molecule has 2 N–H and O–H groups in total.